The molecule has 0 aromatic heterocycles. The number of esters is 1. The van der Waals surface area contributed by atoms with Gasteiger partial charge in [0.2, 0.25) is 0 Å². The largest absolute Gasteiger partial charge is 0.497 e. The molecule has 0 N–H and O–H groups in total. The maximum Gasteiger partial charge on any atom is 0.338 e. The van der Waals surface area contributed by atoms with Gasteiger partial charge in [0.1, 0.15) is 17.1 Å². The van der Waals surface area contributed by atoms with Gasteiger partial charge in [-0.05, 0) is 62.8 Å². The number of ether oxygens (including phenoxy) is 3. The van der Waals surface area contributed by atoms with Crippen molar-refractivity contribution in [3.05, 3.63) is 53.3 Å². The summed E-state index contributed by atoms with van der Waals surface area (Å²) in [6.07, 6.45) is 8.63. The standard InChI is InChI=1S/C27H40O4/c1-7-10-12-18-27(19-13-11-8-2)20(4)24(22-14-16-23(29-6)17-15-22)25(21(5)31-27)26(28)30-9-3/h14-17,24H,4,7-13,18-19H2,1-3,5-6H3. The summed E-state index contributed by atoms with van der Waals surface area (Å²) >= 11 is 0. The smallest absolute Gasteiger partial charge is 0.338 e. The van der Waals surface area contributed by atoms with Crippen LogP contribution in [0, 0.1) is 0 Å². The number of hydrogen-bond acceptors (Lipinski definition) is 4. The van der Waals surface area contributed by atoms with E-state index in [1.54, 1.807) is 7.11 Å². The lowest BCUT2D eigenvalue weighted by Gasteiger charge is -2.45. The van der Waals surface area contributed by atoms with Crippen molar-refractivity contribution in [2.24, 2.45) is 0 Å². The van der Waals surface area contributed by atoms with E-state index in [-0.39, 0.29) is 11.9 Å². The molecule has 172 valence electrons. The number of carbonyl (C=O) groups excluding carboxylic acids is 1. The van der Waals surface area contributed by atoms with Crippen LogP contribution in [0.4, 0.5) is 0 Å². The summed E-state index contributed by atoms with van der Waals surface area (Å²) in [4.78, 5) is 13.0. The molecule has 1 aliphatic rings. The Morgan fingerprint density at radius 3 is 2.10 bits per heavy atom. The second-order valence-electron chi connectivity index (χ2n) is 8.43. The first kappa shape index (κ1) is 25.0. The zero-order chi connectivity index (χ0) is 22.9. The average molecular weight is 429 g/mol. The predicted octanol–water partition coefficient (Wildman–Crippen LogP) is 7.10. The number of methoxy groups -OCH3 is 1. The summed E-state index contributed by atoms with van der Waals surface area (Å²) in [6.45, 7) is 13.0. The molecule has 0 radical (unpaired) electrons. The molecular formula is C27H40O4. The lowest BCUT2D eigenvalue weighted by atomic mass is 9.71. The van der Waals surface area contributed by atoms with Crippen LogP contribution in [0.1, 0.15) is 90.5 Å². The molecule has 1 aromatic rings. The van der Waals surface area contributed by atoms with Gasteiger partial charge < -0.3 is 14.2 Å². The minimum atomic E-state index is -0.449. The lowest BCUT2D eigenvalue weighted by Crippen LogP contribution is -2.42. The number of hydrogen-bond donors (Lipinski definition) is 0. The maximum atomic E-state index is 13.0. The number of benzene rings is 1. The van der Waals surface area contributed by atoms with Crippen molar-refractivity contribution in [1.82, 2.24) is 0 Å². The molecule has 31 heavy (non-hydrogen) atoms. The van der Waals surface area contributed by atoms with Crippen molar-refractivity contribution < 1.29 is 19.0 Å². The highest BCUT2D eigenvalue weighted by atomic mass is 16.5. The fourth-order valence-corrected chi connectivity index (χ4v) is 4.56. The second-order valence-corrected chi connectivity index (χ2v) is 8.43. The highest BCUT2D eigenvalue weighted by Crippen LogP contribution is 2.50. The molecule has 1 aromatic carbocycles. The maximum absolute atomic E-state index is 13.0. The summed E-state index contributed by atoms with van der Waals surface area (Å²) in [6, 6.07) is 7.92. The first-order valence-corrected chi connectivity index (χ1v) is 11.8. The lowest BCUT2D eigenvalue weighted by molar-refractivity contribution is -0.139. The van der Waals surface area contributed by atoms with E-state index in [4.69, 9.17) is 14.2 Å². The van der Waals surface area contributed by atoms with E-state index >= 15 is 0 Å². The van der Waals surface area contributed by atoms with Crippen LogP contribution in [-0.4, -0.2) is 25.3 Å². The molecule has 1 heterocycles. The Kier molecular flexibility index (Phi) is 9.67. The Morgan fingerprint density at radius 2 is 1.61 bits per heavy atom. The molecule has 0 bridgehead atoms. The quantitative estimate of drug-likeness (QED) is 0.202. The number of rotatable bonds is 12. The minimum absolute atomic E-state index is 0.248. The van der Waals surface area contributed by atoms with Gasteiger partial charge in [0.05, 0.1) is 19.3 Å². The Labute approximate surface area is 188 Å². The van der Waals surface area contributed by atoms with Gasteiger partial charge in [0.15, 0.2) is 0 Å². The van der Waals surface area contributed by atoms with E-state index in [0.29, 0.717) is 17.9 Å². The summed E-state index contributed by atoms with van der Waals surface area (Å²) in [7, 11) is 1.66. The normalized spacial score (nSPS) is 18.0. The van der Waals surface area contributed by atoms with Gasteiger partial charge in [0, 0.05) is 5.92 Å². The van der Waals surface area contributed by atoms with Crippen molar-refractivity contribution in [3.63, 3.8) is 0 Å². The summed E-state index contributed by atoms with van der Waals surface area (Å²) in [5.74, 6) is 0.885. The molecule has 2 rings (SSSR count). The zero-order valence-corrected chi connectivity index (χ0v) is 20.1. The monoisotopic (exact) mass is 428 g/mol. The second kappa shape index (κ2) is 12.0. The molecular weight excluding hydrogens is 388 g/mol. The Bertz CT molecular complexity index is 750. The van der Waals surface area contributed by atoms with E-state index < -0.39 is 5.60 Å². The highest BCUT2D eigenvalue weighted by molar-refractivity contribution is 5.92. The number of allylic oxidation sites excluding steroid dienone is 1. The number of unbranched alkanes of at least 4 members (excludes halogenated alkanes) is 4. The molecule has 0 amide bonds. The molecule has 0 saturated carbocycles. The average Bonchev–Trinajstić information content (AvgIpc) is 2.76. The van der Waals surface area contributed by atoms with Crippen molar-refractivity contribution >= 4 is 5.97 Å². The molecule has 4 heteroatoms. The molecule has 0 fully saturated rings. The predicted molar refractivity (Wildman–Crippen MR) is 126 cm³/mol. The minimum Gasteiger partial charge on any atom is -0.497 e. The summed E-state index contributed by atoms with van der Waals surface area (Å²) in [5, 5.41) is 0. The molecule has 4 nitrogen and oxygen atoms in total. The molecule has 1 aliphatic heterocycles. The van der Waals surface area contributed by atoms with Crippen molar-refractivity contribution in [3.8, 4) is 5.75 Å². The molecule has 0 aliphatic carbocycles. The molecule has 1 unspecified atom stereocenters. The summed E-state index contributed by atoms with van der Waals surface area (Å²) in [5.41, 5.74) is 2.11. The fourth-order valence-electron chi connectivity index (χ4n) is 4.56. The highest BCUT2D eigenvalue weighted by Gasteiger charge is 2.46. The topological polar surface area (TPSA) is 44.8 Å². The van der Waals surface area contributed by atoms with Crippen LogP contribution in [0.5, 0.6) is 5.75 Å². The zero-order valence-electron chi connectivity index (χ0n) is 20.1. The van der Waals surface area contributed by atoms with Crippen molar-refractivity contribution in [1.29, 1.82) is 0 Å². The third-order valence-electron chi connectivity index (χ3n) is 6.26. The van der Waals surface area contributed by atoms with E-state index in [1.165, 1.54) is 0 Å². The van der Waals surface area contributed by atoms with Gasteiger partial charge in [0.25, 0.3) is 0 Å². The summed E-state index contributed by atoms with van der Waals surface area (Å²) < 4.78 is 17.4. The SMILES string of the molecule is C=C1C(c2ccc(OC)cc2)C(C(=O)OCC)=C(C)OC1(CCCCC)CCCCC. The number of carbonyl (C=O) groups is 1. The van der Waals surface area contributed by atoms with Crippen molar-refractivity contribution in [2.75, 3.05) is 13.7 Å². The molecule has 0 spiro atoms. The van der Waals surface area contributed by atoms with Gasteiger partial charge >= 0.3 is 5.97 Å². The van der Waals surface area contributed by atoms with Crippen LogP contribution in [0.2, 0.25) is 0 Å². The van der Waals surface area contributed by atoms with E-state index in [2.05, 4.69) is 20.4 Å². The molecule has 1 atom stereocenters. The van der Waals surface area contributed by atoms with E-state index in [9.17, 15) is 4.79 Å². The Balaban J connectivity index is 2.54. The van der Waals surface area contributed by atoms with Gasteiger partial charge in [-0.2, -0.15) is 0 Å². The van der Waals surface area contributed by atoms with Gasteiger partial charge in [-0.25, -0.2) is 4.79 Å². The van der Waals surface area contributed by atoms with Crippen LogP contribution in [-0.2, 0) is 14.3 Å². The Hall–Kier alpha value is -2.23. The first-order chi connectivity index (χ1) is 14.9. The first-order valence-electron chi connectivity index (χ1n) is 11.8. The third-order valence-corrected chi connectivity index (χ3v) is 6.26. The van der Waals surface area contributed by atoms with Crippen LogP contribution in [0.3, 0.4) is 0 Å². The van der Waals surface area contributed by atoms with Gasteiger partial charge in [-0.3, -0.25) is 0 Å². The van der Waals surface area contributed by atoms with E-state index in [0.717, 1.165) is 68.3 Å². The van der Waals surface area contributed by atoms with Crippen LogP contribution < -0.4 is 4.74 Å². The van der Waals surface area contributed by atoms with Gasteiger partial charge in [-0.15, -0.1) is 0 Å². The van der Waals surface area contributed by atoms with Crippen LogP contribution >= 0.6 is 0 Å². The fraction of sp³-hybridized carbons (Fsp3) is 0.593. The van der Waals surface area contributed by atoms with Crippen LogP contribution in [0.15, 0.2) is 47.7 Å². The van der Waals surface area contributed by atoms with Gasteiger partial charge in [-0.1, -0.05) is 58.2 Å². The molecule has 0 saturated heterocycles. The van der Waals surface area contributed by atoms with Crippen LogP contribution in [0.25, 0.3) is 0 Å². The van der Waals surface area contributed by atoms with Crippen molar-refractivity contribution in [2.45, 2.75) is 90.6 Å². The van der Waals surface area contributed by atoms with E-state index in [1.807, 2.05) is 38.1 Å². The third kappa shape index (κ3) is 5.93. The Morgan fingerprint density at radius 1 is 1.03 bits per heavy atom.